The van der Waals surface area contributed by atoms with Gasteiger partial charge >= 0.3 is 5.97 Å². The highest BCUT2D eigenvalue weighted by atomic mass is 16.5. The number of esters is 1. The van der Waals surface area contributed by atoms with E-state index in [0.29, 0.717) is 23.4 Å². The molecule has 0 radical (unpaired) electrons. The van der Waals surface area contributed by atoms with Crippen LogP contribution in [0.2, 0.25) is 0 Å². The molecular weight excluding hydrogens is 358 g/mol. The van der Waals surface area contributed by atoms with Gasteiger partial charge in [-0.2, -0.15) is 5.10 Å². The Hall–Kier alpha value is -3.61. The largest absolute Gasteiger partial charge is 0.496 e. The van der Waals surface area contributed by atoms with Crippen LogP contribution in [0.4, 0.5) is 0 Å². The van der Waals surface area contributed by atoms with Crippen LogP contribution in [0, 0.1) is 0 Å². The summed E-state index contributed by atoms with van der Waals surface area (Å²) >= 11 is 0. The molecule has 7 heteroatoms. The zero-order valence-corrected chi connectivity index (χ0v) is 15.7. The van der Waals surface area contributed by atoms with E-state index in [9.17, 15) is 9.59 Å². The summed E-state index contributed by atoms with van der Waals surface area (Å²) < 4.78 is 11.6. The number of rotatable bonds is 7. The lowest BCUT2D eigenvalue weighted by Crippen LogP contribution is -2.22. The molecule has 0 spiro atoms. The molecule has 0 fully saturated rings. The van der Waals surface area contributed by atoms with Crippen molar-refractivity contribution in [3.8, 4) is 5.75 Å². The molecule has 1 aromatic heterocycles. The monoisotopic (exact) mass is 379 g/mol. The Kier molecular flexibility index (Phi) is 6.06. The molecule has 0 bridgehead atoms. The molecule has 0 atom stereocenters. The van der Waals surface area contributed by atoms with Gasteiger partial charge in [0.15, 0.2) is 0 Å². The van der Waals surface area contributed by atoms with Crippen LogP contribution in [0.1, 0.15) is 31.8 Å². The van der Waals surface area contributed by atoms with Gasteiger partial charge < -0.3 is 14.8 Å². The van der Waals surface area contributed by atoms with Crippen LogP contribution < -0.4 is 10.1 Å². The van der Waals surface area contributed by atoms with Crippen molar-refractivity contribution in [1.82, 2.24) is 15.1 Å². The summed E-state index contributed by atoms with van der Waals surface area (Å²) in [5.74, 6) is -0.314. The van der Waals surface area contributed by atoms with E-state index in [4.69, 9.17) is 9.47 Å². The van der Waals surface area contributed by atoms with E-state index in [2.05, 4.69) is 10.4 Å². The van der Waals surface area contributed by atoms with Crippen molar-refractivity contribution in [2.75, 3.05) is 14.2 Å². The first-order valence-corrected chi connectivity index (χ1v) is 8.70. The topological polar surface area (TPSA) is 82.5 Å². The number of ether oxygens (including phenoxy) is 2. The molecule has 1 amide bonds. The summed E-state index contributed by atoms with van der Waals surface area (Å²) in [6.45, 7) is 0.853. The van der Waals surface area contributed by atoms with E-state index >= 15 is 0 Å². The second kappa shape index (κ2) is 8.85. The van der Waals surface area contributed by atoms with Crippen LogP contribution in [0.5, 0.6) is 5.75 Å². The fourth-order valence-corrected chi connectivity index (χ4v) is 2.76. The molecule has 2 aromatic carbocycles. The quantitative estimate of drug-likeness (QED) is 0.638. The molecule has 0 aliphatic rings. The average Bonchev–Trinajstić information content (AvgIpc) is 3.20. The van der Waals surface area contributed by atoms with Gasteiger partial charge in [0.2, 0.25) is 0 Å². The maximum Gasteiger partial charge on any atom is 0.341 e. The Morgan fingerprint density at radius 3 is 2.57 bits per heavy atom. The molecule has 1 N–H and O–H groups in total. The summed E-state index contributed by atoms with van der Waals surface area (Å²) in [6, 6.07) is 15.0. The van der Waals surface area contributed by atoms with Crippen molar-refractivity contribution >= 4 is 11.9 Å². The predicted octanol–water partition coefficient (Wildman–Crippen LogP) is 2.66. The van der Waals surface area contributed by atoms with Gasteiger partial charge in [0.05, 0.1) is 32.5 Å². The molecule has 7 nitrogen and oxygen atoms in total. The zero-order valence-electron chi connectivity index (χ0n) is 15.7. The van der Waals surface area contributed by atoms with Crippen LogP contribution in [0.3, 0.4) is 0 Å². The summed E-state index contributed by atoms with van der Waals surface area (Å²) in [6.07, 6.45) is 3.24. The first-order chi connectivity index (χ1) is 13.6. The molecule has 0 saturated heterocycles. The minimum Gasteiger partial charge on any atom is -0.496 e. The SMILES string of the molecule is COC(=O)c1cc(CNC(=O)c2cnn(Cc3ccccc3)c2)ccc1OC. The number of nitrogens with one attached hydrogen (secondary N) is 1. The van der Waals surface area contributed by atoms with Gasteiger partial charge in [-0.25, -0.2) is 4.79 Å². The third-order valence-electron chi connectivity index (χ3n) is 4.21. The van der Waals surface area contributed by atoms with E-state index in [1.165, 1.54) is 20.4 Å². The molecule has 0 aliphatic heterocycles. The molecule has 0 aliphatic carbocycles. The van der Waals surface area contributed by atoms with Gasteiger partial charge in [0.1, 0.15) is 11.3 Å². The van der Waals surface area contributed by atoms with E-state index in [-0.39, 0.29) is 12.5 Å². The second-order valence-corrected chi connectivity index (χ2v) is 6.12. The number of nitrogens with zero attached hydrogens (tertiary/aromatic N) is 2. The smallest absolute Gasteiger partial charge is 0.341 e. The lowest BCUT2D eigenvalue weighted by Gasteiger charge is -2.10. The van der Waals surface area contributed by atoms with Crippen LogP contribution in [0.25, 0.3) is 0 Å². The van der Waals surface area contributed by atoms with Crippen molar-refractivity contribution in [2.45, 2.75) is 13.1 Å². The summed E-state index contributed by atoms with van der Waals surface area (Å²) in [7, 11) is 2.79. The molecule has 3 aromatic rings. The predicted molar refractivity (Wildman–Crippen MR) is 103 cm³/mol. The number of aromatic nitrogens is 2. The van der Waals surface area contributed by atoms with Crippen molar-refractivity contribution in [3.63, 3.8) is 0 Å². The van der Waals surface area contributed by atoms with Crippen LogP contribution in [-0.2, 0) is 17.8 Å². The summed E-state index contributed by atoms with van der Waals surface area (Å²) in [5.41, 5.74) is 2.64. The number of carbonyl (C=O) groups excluding carboxylic acids is 2. The molecule has 144 valence electrons. The fourth-order valence-electron chi connectivity index (χ4n) is 2.76. The number of benzene rings is 2. The van der Waals surface area contributed by atoms with E-state index in [0.717, 1.165) is 11.1 Å². The van der Waals surface area contributed by atoms with E-state index in [1.54, 1.807) is 29.1 Å². The number of methoxy groups -OCH3 is 2. The van der Waals surface area contributed by atoms with Gasteiger partial charge in [-0.15, -0.1) is 0 Å². The molecule has 1 heterocycles. The van der Waals surface area contributed by atoms with Crippen molar-refractivity contribution in [2.24, 2.45) is 0 Å². The summed E-state index contributed by atoms with van der Waals surface area (Å²) in [4.78, 5) is 24.3. The highest BCUT2D eigenvalue weighted by Gasteiger charge is 2.14. The van der Waals surface area contributed by atoms with E-state index < -0.39 is 5.97 Å². The third kappa shape index (κ3) is 4.56. The van der Waals surface area contributed by atoms with Crippen molar-refractivity contribution in [1.29, 1.82) is 0 Å². The maximum atomic E-state index is 12.4. The lowest BCUT2D eigenvalue weighted by molar-refractivity contribution is 0.0597. The van der Waals surface area contributed by atoms with Crippen molar-refractivity contribution in [3.05, 3.63) is 83.2 Å². The van der Waals surface area contributed by atoms with Gasteiger partial charge in [-0.05, 0) is 23.3 Å². The molecular formula is C21H21N3O4. The van der Waals surface area contributed by atoms with Gasteiger partial charge in [-0.1, -0.05) is 36.4 Å². The number of amides is 1. The maximum absolute atomic E-state index is 12.4. The second-order valence-electron chi connectivity index (χ2n) is 6.12. The lowest BCUT2D eigenvalue weighted by atomic mass is 10.1. The number of hydrogen-bond donors (Lipinski definition) is 1. The van der Waals surface area contributed by atoms with Gasteiger partial charge in [-0.3, -0.25) is 9.48 Å². The normalized spacial score (nSPS) is 10.4. The zero-order chi connectivity index (χ0) is 19.9. The minimum absolute atomic E-state index is 0.241. The van der Waals surface area contributed by atoms with Crippen LogP contribution in [0.15, 0.2) is 60.9 Å². The Bertz CT molecular complexity index is 967. The molecule has 0 saturated carbocycles. The molecule has 28 heavy (non-hydrogen) atoms. The Labute approximate surface area is 162 Å². The highest BCUT2D eigenvalue weighted by molar-refractivity contribution is 5.94. The van der Waals surface area contributed by atoms with Crippen molar-refractivity contribution < 1.29 is 19.1 Å². The fraction of sp³-hybridized carbons (Fsp3) is 0.190. The third-order valence-corrected chi connectivity index (χ3v) is 4.21. The highest BCUT2D eigenvalue weighted by Crippen LogP contribution is 2.20. The van der Waals surface area contributed by atoms with E-state index in [1.807, 2.05) is 30.3 Å². The molecule has 3 rings (SSSR count). The average molecular weight is 379 g/mol. The van der Waals surface area contributed by atoms with Gasteiger partial charge in [0.25, 0.3) is 5.91 Å². The summed E-state index contributed by atoms with van der Waals surface area (Å²) in [5, 5.41) is 7.07. The number of carbonyl (C=O) groups is 2. The standard InChI is InChI=1S/C21H21N3O4/c1-27-19-9-8-16(10-18(19)21(26)28-2)11-22-20(25)17-12-23-24(14-17)13-15-6-4-3-5-7-15/h3-10,12,14H,11,13H2,1-2H3,(H,22,25). The first kappa shape index (κ1) is 19.2. The van der Waals surface area contributed by atoms with Crippen LogP contribution >= 0.6 is 0 Å². The Morgan fingerprint density at radius 2 is 1.86 bits per heavy atom. The number of hydrogen-bond acceptors (Lipinski definition) is 5. The Balaban J connectivity index is 1.63. The molecule has 0 unspecified atom stereocenters. The first-order valence-electron chi connectivity index (χ1n) is 8.70. The minimum atomic E-state index is -0.493. The Morgan fingerprint density at radius 1 is 1.07 bits per heavy atom. The van der Waals surface area contributed by atoms with Crippen LogP contribution in [-0.4, -0.2) is 35.9 Å². The van der Waals surface area contributed by atoms with Gasteiger partial charge in [0, 0.05) is 12.7 Å².